The van der Waals surface area contributed by atoms with Gasteiger partial charge < -0.3 is 26.2 Å². The molecule has 2 fully saturated rings. The highest BCUT2D eigenvalue weighted by atomic mass is 127. The molecule has 2 aliphatic rings. The second-order valence-corrected chi connectivity index (χ2v) is 8.23. The highest BCUT2D eigenvalue weighted by molar-refractivity contribution is 14.0. The van der Waals surface area contributed by atoms with E-state index in [9.17, 15) is 9.59 Å². The quantitative estimate of drug-likeness (QED) is 0.191. The van der Waals surface area contributed by atoms with Crippen molar-refractivity contribution < 1.29 is 9.59 Å². The number of carbonyl (C=O) groups excluding carboxylic acids is 2. The first kappa shape index (κ1) is 25.9. The fourth-order valence-electron chi connectivity index (χ4n) is 3.93. The molecule has 2 heterocycles. The van der Waals surface area contributed by atoms with Gasteiger partial charge >= 0.3 is 0 Å². The monoisotopic (exact) mass is 522 g/mol. The fourth-order valence-corrected chi connectivity index (χ4v) is 3.93. The molecular formula is C20H39IN6O2. The van der Waals surface area contributed by atoms with Gasteiger partial charge in [0.2, 0.25) is 11.8 Å². The lowest BCUT2D eigenvalue weighted by Gasteiger charge is -2.30. The predicted octanol–water partition coefficient (Wildman–Crippen LogP) is 1.00. The lowest BCUT2D eigenvalue weighted by molar-refractivity contribution is -0.133. The van der Waals surface area contributed by atoms with Crippen LogP contribution in [0.5, 0.6) is 0 Å². The molecule has 9 heteroatoms. The average Bonchev–Trinajstić information content (AvgIpc) is 3.13. The summed E-state index contributed by atoms with van der Waals surface area (Å²) in [4.78, 5) is 32.5. The lowest BCUT2D eigenvalue weighted by atomic mass is 9.97. The molecule has 0 aromatic heterocycles. The number of nitrogens with one attached hydrogen (secondary N) is 2. The number of piperidine rings is 1. The van der Waals surface area contributed by atoms with Gasteiger partial charge in [0.25, 0.3) is 0 Å². The maximum absolute atomic E-state index is 12.1. The molecule has 29 heavy (non-hydrogen) atoms. The maximum atomic E-state index is 12.1. The largest absolute Gasteiger partial charge is 0.369 e. The zero-order valence-corrected chi connectivity index (χ0v) is 20.5. The van der Waals surface area contributed by atoms with Crippen LogP contribution in [0.25, 0.3) is 0 Å². The summed E-state index contributed by atoms with van der Waals surface area (Å²) in [5, 5.41) is 6.77. The van der Waals surface area contributed by atoms with Crippen molar-refractivity contribution in [1.82, 2.24) is 20.4 Å². The molecule has 2 aliphatic heterocycles. The Labute approximate surface area is 192 Å². The first-order valence-electron chi connectivity index (χ1n) is 10.8. The van der Waals surface area contributed by atoms with Gasteiger partial charge in [-0.25, -0.2) is 0 Å². The number of guanidine groups is 1. The van der Waals surface area contributed by atoms with Crippen LogP contribution in [0.3, 0.4) is 0 Å². The number of rotatable bonds is 8. The predicted molar refractivity (Wildman–Crippen MR) is 127 cm³/mol. The van der Waals surface area contributed by atoms with E-state index in [-0.39, 0.29) is 53.7 Å². The molecule has 168 valence electrons. The first-order valence-corrected chi connectivity index (χ1v) is 10.8. The molecule has 0 radical (unpaired) electrons. The van der Waals surface area contributed by atoms with E-state index in [1.807, 2.05) is 18.7 Å². The van der Waals surface area contributed by atoms with Crippen molar-refractivity contribution in [2.24, 2.45) is 22.6 Å². The molecule has 0 saturated carbocycles. The van der Waals surface area contributed by atoms with E-state index in [2.05, 4.69) is 22.5 Å². The van der Waals surface area contributed by atoms with Crippen molar-refractivity contribution in [3.8, 4) is 0 Å². The van der Waals surface area contributed by atoms with Crippen LogP contribution in [0, 0.1) is 11.8 Å². The molecule has 2 saturated heterocycles. The van der Waals surface area contributed by atoms with Crippen LogP contribution in [-0.4, -0.2) is 79.4 Å². The van der Waals surface area contributed by atoms with Crippen LogP contribution in [0.1, 0.15) is 46.5 Å². The Kier molecular flexibility index (Phi) is 11.9. The van der Waals surface area contributed by atoms with Gasteiger partial charge in [0.1, 0.15) is 0 Å². The topological polar surface area (TPSA) is 103 Å². The van der Waals surface area contributed by atoms with Crippen molar-refractivity contribution >= 4 is 41.8 Å². The van der Waals surface area contributed by atoms with Crippen molar-refractivity contribution in [2.75, 3.05) is 45.8 Å². The molecule has 8 nitrogen and oxygen atoms in total. The van der Waals surface area contributed by atoms with Gasteiger partial charge in [-0.1, -0.05) is 13.8 Å². The lowest BCUT2D eigenvalue weighted by Crippen LogP contribution is -2.45. The third kappa shape index (κ3) is 8.65. The van der Waals surface area contributed by atoms with Crippen molar-refractivity contribution in [2.45, 2.75) is 52.5 Å². The summed E-state index contributed by atoms with van der Waals surface area (Å²) in [7, 11) is 0. The third-order valence-electron chi connectivity index (χ3n) is 5.49. The Hall–Kier alpha value is -1.10. The first-order chi connectivity index (χ1) is 13.4. The summed E-state index contributed by atoms with van der Waals surface area (Å²) in [6.45, 7) is 11.8. The number of hydrogen-bond acceptors (Lipinski definition) is 4. The SMILES string of the molecule is CCNC(=NCCCN1CCCC(C(N)=O)C1)NC1CCN(C(=O)C(C)C)C1.I. The molecule has 2 unspecified atom stereocenters. The highest BCUT2D eigenvalue weighted by Gasteiger charge is 2.28. The maximum Gasteiger partial charge on any atom is 0.225 e. The summed E-state index contributed by atoms with van der Waals surface area (Å²) < 4.78 is 0. The van der Waals surface area contributed by atoms with Gasteiger partial charge in [-0.05, 0) is 45.7 Å². The standard InChI is InChI=1S/C20H38N6O2.HI/c1-4-22-20(24-17-8-12-26(14-17)19(28)15(2)3)23-9-6-11-25-10-5-7-16(13-25)18(21)27;/h15-17H,4-14H2,1-3H3,(H2,21,27)(H2,22,23,24);1H. The molecule has 0 spiro atoms. The Balaban J connectivity index is 0.00000420. The van der Waals surface area contributed by atoms with E-state index < -0.39 is 0 Å². The van der Waals surface area contributed by atoms with Crippen LogP contribution >= 0.6 is 24.0 Å². The number of amides is 2. The van der Waals surface area contributed by atoms with Crippen LogP contribution < -0.4 is 16.4 Å². The molecule has 0 aromatic rings. The smallest absolute Gasteiger partial charge is 0.225 e. The number of carbonyl (C=O) groups is 2. The summed E-state index contributed by atoms with van der Waals surface area (Å²) in [5.41, 5.74) is 5.45. The summed E-state index contributed by atoms with van der Waals surface area (Å²) in [5.74, 6) is 0.907. The van der Waals surface area contributed by atoms with Crippen molar-refractivity contribution in [1.29, 1.82) is 0 Å². The van der Waals surface area contributed by atoms with Crippen LogP contribution in [0.2, 0.25) is 0 Å². The van der Waals surface area contributed by atoms with Crippen molar-refractivity contribution in [3.05, 3.63) is 0 Å². The Morgan fingerprint density at radius 2 is 1.97 bits per heavy atom. The van der Waals surface area contributed by atoms with E-state index in [4.69, 9.17) is 10.7 Å². The van der Waals surface area contributed by atoms with E-state index >= 15 is 0 Å². The van der Waals surface area contributed by atoms with Crippen LogP contribution in [-0.2, 0) is 9.59 Å². The minimum Gasteiger partial charge on any atom is -0.369 e. The van der Waals surface area contributed by atoms with Gasteiger partial charge in [-0.2, -0.15) is 0 Å². The van der Waals surface area contributed by atoms with E-state index in [1.54, 1.807) is 0 Å². The molecule has 2 atom stereocenters. The number of nitrogens with two attached hydrogens (primary N) is 1. The second kappa shape index (κ2) is 13.3. The van der Waals surface area contributed by atoms with Crippen LogP contribution in [0.15, 0.2) is 4.99 Å². The van der Waals surface area contributed by atoms with E-state index in [0.29, 0.717) is 0 Å². The van der Waals surface area contributed by atoms with Crippen LogP contribution in [0.4, 0.5) is 0 Å². The number of likely N-dealkylation sites (tertiary alicyclic amines) is 2. The minimum absolute atomic E-state index is 0. The third-order valence-corrected chi connectivity index (χ3v) is 5.49. The molecule has 4 N–H and O–H groups in total. The van der Waals surface area contributed by atoms with E-state index in [1.165, 1.54) is 0 Å². The minimum atomic E-state index is -0.178. The highest BCUT2D eigenvalue weighted by Crippen LogP contribution is 2.16. The number of primary amides is 1. The molecule has 2 rings (SSSR count). The Morgan fingerprint density at radius 3 is 2.62 bits per heavy atom. The zero-order chi connectivity index (χ0) is 20.5. The van der Waals surface area contributed by atoms with Gasteiger partial charge in [0, 0.05) is 44.7 Å². The average molecular weight is 522 g/mol. The Bertz CT molecular complexity index is 557. The fraction of sp³-hybridized carbons (Fsp3) is 0.850. The Morgan fingerprint density at radius 1 is 1.21 bits per heavy atom. The number of nitrogens with zero attached hydrogens (tertiary/aromatic N) is 3. The van der Waals surface area contributed by atoms with Gasteiger partial charge in [0.05, 0.1) is 5.92 Å². The van der Waals surface area contributed by atoms with Gasteiger partial charge in [-0.15, -0.1) is 24.0 Å². The molecule has 0 aromatic carbocycles. The van der Waals surface area contributed by atoms with Crippen molar-refractivity contribution in [3.63, 3.8) is 0 Å². The molecular weight excluding hydrogens is 483 g/mol. The van der Waals surface area contributed by atoms with E-state index in [0.717, 1.165) is 77.5 Å². The van der Waals surface area contributed by atoms with Gasteiger partial charge in [0.15, 0.2) is 5.96 Å². The number of hydrogen-bond donors (Lipinski definition) is 3. The summed E-state index contributed by atoms with van der Waals surface area (Å²) in [6.07, 6.45) is 3.85. The number of aliphatic imine (C=N–C) groups is 1. The van der Waals surface area contributed by atoms with Gasteiger partial charge in [-0.3, -0.25) is 14.6 Å². The molecule has 0 aliphatic carbocycles. The zero-order valence-electron chi connectivity index (χ0n) is 18.2. The molecule has 0 bridgehead atoms. The second-order valence-electron chi connectivity index (χ2n) is 8.23. The molecule has 2 amide bonds. The normalized spacial score (nSPS) is 23.0. The summed E-state index contributed by atoms with van der Waals surface area (Å²) in [6, 6.07) is 0.249. The summed E-state index contributed by atoms with van der Waals surface area (Å²) >= 11 is 0. The number of halogens is 1.